The zero-order chi connectivity index (χ0) is 9.26. The first-order chi connectivity index (χ1) is 6.25. The van der Waals surface area contributed by atoms with Gasteiger partial charge in [0.2, 0.25) is 5.91 Å². The van der Waals surface area contributed by atoms with Crippen LogP contribution in [0.4, 0.5) is 5.69 Å². The van der Waals surface area contributed by atoms with Crippen molar-refractivity contribution in [2.45, 2.75) is 6.54 Å². The van der Waals surface area contributed by atoms with Crippen molar-refractivity contribution >= 4 is 23.2 Å². The maximum absolute atomic E-state index is 11.1. The summed E-state index contributed by atoms with van der Waals surface area (Å²) in [4.78, 5) is 11.1. The molecule has 1 aliphatic heterocycles. The Bertz CT molecular complexity index is 351. The number of halogens is 1. The van der Waals surface area contributed by atoms with E-state index >= 15 is 0 Å². The van der Waals surface area contributed by atoms with Gasteiger partial charge in [0.15, 0.2) is 0 Å². The monoisotopic (exact) mass is 196 g/mol. The lowest BCUT2D eigenvalue weighted by molar-refractivity contribution is -0.115. The molecule has 1 heterocycles. The van der Waals surface area contributed by atoms with Crippen LogP contribution < -0.4 is 10.6 Å². The third kappa shape index (κ3) is 1.82. The molecule has 0 saturated carbocycles. The predicted molar refractivity (Wildman–Crippen MR) is 51.8 cm³/mol. The number of carbonyl (C=O) groups is 1. The molecule has 1 aromatic rings. The number of amides is 1. The summed E-state index contributed by atoms with van der Waals surface area (Å²) in [5.74, 6) is -0.0129. The van der Waals surface area contributed by atoms with Gasteiger partial charge < -0.3 is 10.6 Å². The Kier molecular flexibility index (Phi) is 2.20. The van der Waals surface area contributed by atoms with E-state index in [2.05, 4.69) is 10.6 Å². The summed E-state index contributed by atoms with van der Waals surface area (Å²) in [6.07, 6.45) is 0. The molecule has 0 atom stereocenters. The molecule has 3 nitrogen and oxygen atoms in total. The van der Waals surface area contributed by atoms with E-state index in [0.717, 1.165) is 11.3 Å². The molecule has 13 heavy (non-hydrogen) atoms. The van der Waals surface area contributed by atoms with E-state index < -0.39 is 0 Å². The summed E-state index contributed by atoms with van der Waals surface area (Å²) < 4.78 is 0. The van der Waals surface area contributed by atoms with Gasteiger partial charge in [-0.3, -0.25) is 4.79 Å². The van der Waals surface area contributed by atoms with Crippen LogP contribution in [0, 0.1) is 0 Å². The maximum Gasteiger partial charge on any atom is 0.238 e. The van der Waals surface area contributed by atoms with Crippen LogP contribution in [0.1, 0.15) is 5.56 Å². The number of hydrogen-bond acceptors (Lipinski definition) is 2. The highest BCUT2D eigenvalue weighted by Gasteiger charge is 2.11. The average molecular weight is 197 g/mol. The minimum absolute atomic E-state index is 0.0129. The van der Waals surface area contributed by atoms with Crippen LogP contribution in [0.15, 0.2) is 18.2 Å². The maximum atomic E-state index is 11.1. The summed E-state index contributed by atoms with van der Waals surface area (Å²) >= 11 is 5.83. The van der Waals surface area contributed by atoms with Crippen molar-refractivity contribution in [1.29, 1.82) is 0 Å². The van der Waals surface area contributed by atoms with E-state index in [1.807, 2.05) is 12.1 Å². The number of benzene rings is 1. The largest absolute Gasteiger partial charge is 0.325 e. The van der Waals surface area contributed by atoms with Gasteiger partial charge in [0.05, 0.1) is 6.54 Å². The van der Waals surface area contributed by atoms with Crippen molar-refractivity contribution in [3.63, 3.8) is 0 Å². The molecule has 1 aromatic carbocycles. The molecule has 0 radical (unpaired) electrons. The highest BCUT2D eigenvalue weighted by atomic mass is 35.5. The van der Waals surface area contributed by atoms with E-state index in [9.17, 15) is 4.79 Å². The van der Waals surface area contributed by atoms with Gasteiger partial charge in [-0.1, -0.05) is 11.6 Å². The Labute approximate surface area is 81.1 Å². The van der Waals surface area contributed by atoms with Crippen LogP contribution >= 0.6 is 11.6 Å². The first kappa shape index (κ1) is 8.53. The summed E-state index contributed by atoms with van der Waals surface area (Å²) in [5.41, 5.74) is 1.87. The fourth-order valence-corrected chi connectivity index (χ4v) is 1.53. The highest BCUT2D eigenvalue weighted by molar-refractivity contribution is 6.30. The van der Waals surface area contributed by atoms with Gasteiger partial charge in [-0.15, -0.1) is 0 Å². The Morgan fingerprint density at radius 3 is 3.00 bits per heavy atom. The fourth-order valence-electron chi connectivity index (χ4n) is 1.34. The van der Waals surface area contributed by atoms with Gasteiger partial charge in [0, 0.05) is 17.3 Å². The van der Waals surface area contributed by atoms with Crippen molar-refractivity contribution in [3.8, 4) is 0 Å². The molecule has 0 bridgehead atoms. The number of carbonyl (C=O) groups excluding carboxylic acids is 1. The number of rotatable bonds is 0. The van der Waals surface area contributed by atoms with E-state index in [0.29, 0.717) is 18.1 Å². The minimum atomic E-state index is -0.0129. The van der Waals surface area contributed by atoms with Gasteiger partial charge >= 0.3 is 0 Å². The molecule has 0 fully saturated rings. The summed E-state index contributed by atoms with van der Waals surface area (Å²) in [5, 5.41) is 6.49. The van der Waals surface area contributed by atoms with Crippen LogP contribution in [-0.2, 0) is 11.3 Å². The van der Waals surface area contributed by atoms with Crippen LogP contribution in [0.2, 0.25) is 5.02 Å². The zero-order valence-electron chi connectivity index (χ0n) is 6.93. The molecular formula is C9H9ClN2O. The smallest absolute Gasteiger partial charge is 0.238 e. The molecule has 2 rings (SSSR count). The summed E-state index contributed by atoms with van der Waals surface area (Å²) in [6, 6.07) is 5.45. The number of fused-ring (bicyclic) bond motifs is 1. The summed E-state index contributed by atoms with van der Waals surface area (Å²) in [7, 11) is 0. The zero-order valence-corrected chi connectivity index (χ0v) is 7.69. The third-order valence-electron chi connectivity index (χ3n) is 1.94. The molecule has 1 aliphatic rings. The molecule has 0 aromatic heterocycles. The van der Waals surface area contributed by atoms with Crippen molar-refractivity contribution in [2.24, 2.45) is 0 Å². The second-order valence-corrected chi connectivity index (χ2v) is 3.39. The van der Waals surface area contributed by atoms with Gasteiger partial charge in [-0.05, 0) is 23.8 Å². The van der Waals surface area contributed by atoms with E-state index in [4.69, 9.17) is 11.6 Å². The van der Waals surface area contributed by atoms with Crippen LogP contribution in [0.5, 0.6) is 0 Å². The SMILES string of the molecule is O=C1CNCc2cc(Cl)ccc2N1. The summed E-state index contributed by atoms with van der Waals surface area (Å²) in [6.45, 7) is 1.03. The number of anilines is 1. The Hall–Kier alpha value is -1.06. The second kappa shape index (κ2) is 3.36. The molecule has 68 valence electrons. The van der Waals surface area contributed by atoms with Gasteiger partial charge in [0.25, 0.3) is 0 Å². The third-order valence-corrected chi connectivity index (χ3v) is 2.18. The van der Waals surface area contributed by atoms with Crippen LogP contribution in [0.3, 0.4) is 0 Å². The second-order valence-electron chi connectivity index (χ2n) is 2.95. The first-order valence-electron chi connectivity index (χ1n) is 4.05. The Morgan fingerprint density at radius 2 is 2.15 bits per heavy atom. The van der Waals surface area contributed by atoms with Crippen LogP contribution in [-0.4, -0.2) is 12.5 Å². The van der Waals surface area contributed by atoms with E-state index in [1.165, 1.54) is 0 Å². The van der Waals surface area contributed by atoms with Gasteiger partial charge in [0.1, 0.15) is 0 Å². The molecular weight excluding hydrogens is 188 g/mol. The lowest BCUT2D eigenvalue weighted by atomic mass is 10.2. The molecule has 0 unspecified atom stereocenters. The topological polar surface area (TPSA) is 41.1 Å². The molecule has 0 saturated heterocycles. The van der Waals surface area contributed by atoms with E-state index in [-0.39, 0.29) is 5.91 Å². The van der Waals surface area contributed by atoms with E-state index in [1.54, 1.807) is 6.07 Å². The molecule has 4 heteroatoms. The fraction of sp³-hybridized carbons (Fsp3) is 0.222. The normalized spacial score (nSPS) is 15.9. The predicted octanol–water partition coefficient (Wildman–Crippen LogP) is 1.38. The molecule has 1 amide bonds. The lowest BCUT2D eigenvalue weighted by Crippen LogP contribution is -2.23. The first-order valence-corrected chi connectivity index (χ1v) is 4.42. The van der Waals surface area contributed by atoms with Crippen molar-refractivity contribution < 1.29 is 4.79 Å². The lowest BCUT2D eigenvalue weighted by Gasteiger charge is -2.05. The highest BCUT2D eigenvalue weighted by Crippen LogP contribution is 2.21. The standard InChI is InChI=1S/C9H9ClN2O/c10-7-1-2-8-6(3-7)4-11-5-9(13)12-8/h1-3,11H,4-5H2,(H,12,13). The number of nitrogens with one attached hydrogen (secondary N) is 2. The Morgan fingerprint density at radius 1 is 1.31 bits per heavy atom. The minimum Gasteiger partial charge on any atom is -0.325 e. The van der Waals surface area contributed by atoms with Crippen molar-refractivity contribution in [2.75, 3.05) is 11.9 Å². The molecule has 2 N–H and O–H groups in total. The molecule has 0 aliphatic carbocycles. The Balaban J connectivity index is 2.40. The molecule has 0 spiro atoms. The van der Waals surface area contributed by atoms with Gasteiger partial charge in [-0.25, -0.2) is 0 Å². The van der Waals surface area contributed by atoms with Gasteiger partial charge in [-0.2, -0.15) is 0 Å². The quantitative estimate of drug-likeness (QED) is 0.658. The van der Waals surface area contributed by atoms with Crippen LogP contribution in [0.25, 0.3) is 0 Å². The number of hydrogen-bond donors (Lipinski definition) is 2. The van der Waals surface area contributed by atoms with Crippen molar-refractivity contribution in [1.82, 2.24) is 5.32 Å². The average Bonchev–Trinajstić information content (AvgIpc) is 2.25. The van der Waals surface area contributed by atoms with Crippen molar-refractivity contribution in [3.05, 3.63) is 28.8 Å².